The molecule has 0 aromatic carbocycles. The van der Waals surface area contributed by atoms with Gasteiger partial charge in [0.15, 0.2) is 0 Å². The fraction of sp³-hybridized carbons (Fsp3) is 0.750. The van der Waals surface area contributed by atoms with Crippen LogP contribution in [0.2, 0.25) is 25.7 Å². The van der Waals surface area contributed by atoms with Crippen LogP contribution in [-0.2, 0) is 19.1 Å². The highest BCUT2D eigenvalue weighted by atomic mass is 28.3. The number of rotatable bonds is 12. The summed E-state index contributed by atoms with van der Waals surface area (Å²) < 4.78 is 5.73. The van der Waals surface area contributed by atoms with Crippen molar-refractivity contribution in [2.75, 3.05) is 33.0 Å². The number of hydrogen-bond acceptors (Lipinski definition) is 9. The molecule has 1 aliphatic carbocycles. The molecule has 236 valence electrons. The molecule has 3 aliphatic rings. The molecule has 2 saturated heterocycles. The average Bonchev–Trinajstić information content (AvgIpc) is 3.03. The third-order valence-electron chi connectivity index (χ3n) is 8.60. The Bertz CT molecular complexity index is 1120. The van der Waals surface area contributed by atoms with Gasteiger partial charge in [0, 0.05) is 40.4 Å². The Morgan fingerprint density at radius 3 is 2.12 bits per heavy atom. The molecule has 2 heterocycles. The van der Waals surface area contributed by atoms with Crippen molar-refractivity contribution in [3.63, 3.8) is 0 Å². The maximum atomic E-state index is 13.4. The topological polar surface area (TPSA) is 180 Å². The minimum Gasteiger partial charge on any atom is -0.396 e. The molecule has 7 amide bonds. The Hall–Kier alpha value is -2.97. The van der Waals surface area contributed by atoms with Crippen molar-refractivity contribution in [2.24, 2.45) is 16.9 Å². The van der Waals surface area contributed by atoms with Crippen LogP contribution in [0.15, 0.2) is 11.4 Å². The molecule has 0 aromatic rings. The fourth-order valence-electron chi connectivity index (χ4n) is 5.73. The molecule has 1 saturated carbocycles. The summed E-state index contributed by atoms with van der Waals surface area (Å²) in [6.45, 7) is 12.9. The summed E-state index contributed by atoms with van der Waals surface area (Å²) in [5.41, 5.74) is 9.56. The number of hydrogen-bond donors (Lipinski definition) is 3. The lowest BCUT2D eigenvalue weighted by Gasteiger charge is -2.45. The molecule has 5 N–H and O–H groups in total. The van der Waals surface area contributed by atoms with E-state index in [4.69, 9.17) is 21.3 Å². The van der Waals surface area contributed by atoms with E-state index in [1.165, 1.54) is 4.90 Å². The molecule has 3 fully saturated rings. The Balaban J connectivity index is 1.69. The van der Waals surface area contributed by atoms with E-state index in [9.17, 15) is 24.0 Å². The van der Waals surface area contributed by atoms with Crippen LogP contribution in [0.25, 0.3) is 0 Å². The van der Waals surface area contributed by atoms with Gasteiger partial charge in [0.05, 0.1) is 0 Å². The van der Waals surface area contributed by atoms with E-state index in [2.05, 4.69) is 19.6 Å². The molecule has 0 bridgehead atoms. The van der Waals surface area contributed by atoms with Gasteiger partial charge in [-0.05, 0) is 63.8 Å². The van der Waals surface area contributed by atoms with Gasteiger partial charge in [-0.2, -0.15) is 0 Å². The molecule has 14 heteroatoms. The van der Waals surface area contributed by atoms with Crippen molar-refractivity contribution in [3.8, 4) is 0 Å². The van der Waals surface area contributed by atoms with Gasteiger partial charge in [-0.1, -0.05) is 26.6 Å². The van der Waals surface area contributed by atoms with Crippen molar-refractivity contribution in [3.05, 3.63) is 11.4 Å². The molecule has 13 nitrogen and oxygen atoms in total. The number of urea groups is 2. The van der Waals surface area contributed by atoms with Crippen LogP contribution >= 0.6 is 0 Å². The molecule has 0 atom stereocenters. The van der Waals surface area contributed by atoms with Crippen LogP contribution in [0.1, 0.15) is 59.3 Å². The van der Waals surface area contributed by atoms with Crippen molar-refractivity contribution in [1.29, 1.82) is 0 Å². The van der Waals surface area contributed by atoms with E-state index in [-0.39, 0.29) is 37.2 Å². The number of amides is 7. The van der Waals surface area contributed by atoms with Gasteiger partial charge in [-0.3, -0.25) is 24.2 Å². The highest BCUT2D eigenvalue weighted by Gasteiger charge is 2.54. The second-order valence-electron chi connectivity index (χ2n) is 13.7. The van der Waals surface area contributed by atoms with Crippen LogP contribution in [0.5, 0.6) is 0 Å². The smallest absolute Gasteiger partial charge is 0.334 e. The lowest BCUT2D eigenvalue weighted by Crippen LogP contribution is -2.61. The normalized spacial score (nSPS) is 25.3. The SMILES string of the molecule is CC1(CN2C(=O)N(COCC[Si](C)(C)C)C(=O)C2(C)C)CCC(N2C(=O)C(=C(N)N)C(=O)N(CCCCO)C2=O)CC1. The summed E-state index contributed by atoms with van der Waals surface area (Å²) in [5, 5.41) is 9.12. The highest BCUT2D eigenvalue weighted by Crippen LogP contribution is 2.42. The molecule has 0 radical (unpaired) electrons. The minimum absolute atomic E-state index is 0.0295. The lowest BCUT2D eigenvalue weighted by molar-refractivity contribution is -0.139. The Morgan fingerprint density at radius 2 is 1.57 bits per heavy atom. The predicted octanol–water partition coefficient (Wildman–Crippen LogP) is 1.98. The molecule has 0 spiro atoms. The fourth-order valence-corrected chi connectivity index (χ4v) is 6.48. The number of imide groups is 3. The number of carbonyl (C=O) groups is 5. The zero-order valence-corrected chi connectivity index (χ0v) is 26.9. The zero-order chi connectivity index (χ0) is 31.6. The molecular weight excluding hydrogens is 560 g/mol. The molecule has 0 aromatic heterocycles. The Morgan fingerprint density at radius 1 is 0.952 bits per heavy atom. The molecular formula is C28H48N6O7Si. The van der Waals surface area contributed by atoms with Crippen molar-refractivity contribution >= 4 is 37.9 Å². The first-order valence-electron chi connectivity index (χ1n) is 14.7. The molecule has 42 heavy (non-hydrogen) atoms. The number of carbonyl (C=O) groups excluding carboxylic acids is 5. The van der Waals surface area contributed by atoms with Gasteiger partial charge in [0.2, 0.25) is 0 Å². The first kappa shape index (κ1) is 33.5. The van der Waals surface area contributed by atoms with Crippen molar-refractivity contribution in [1.82, 2.24) is 19.6 Å². The first-order chi connectivity index (χ1) is 19.4. The zero-order valence-electron chi connectivity index (χ0n) is 25.9. The number of aliphatic hydroxyl groups excluding tert-OH is 1. The van der Waals surface area contributed by atoms with Gasteiger partial charge in [0.1, 0.15) is 23.7 Å². The standard InChI is InChI=1S/C28H48N6O7Si/c1-27(2)24(38)32(18-41-15-16-42(4,5)6)25(39)33(27)17-28(3)11-9-19(10-12-28)34-23(37)20(21(29)30)22(36)31(26(34)40)13-7-8-14-35/h19,35H,7-18,29-30H2,1-6H3. The second-order valence-corrected chi connectivity index (χ2v) is 19.3. The highest BCUT2D eigenvalue weighted by molar-refractivity contribution is 6.76. The van der Waals surface area contributed by atoms with Crippen molar-refractivity contribution in [2.45, 2.75) is 96.6 Å². The lowest BCUT2D eigenvalue weighted by atomic mass is 9.72. The first-order valence-corrected chi connectivity index (χ1v) is 18.4. The van der Waals surface area contributed by atoms with E-state index >= 15 is 0 Å². The number of unbranched alkanes of at least 4 members (excludes halogenated alkanes) is 1. The third kappa shape index (κ3) is 6.97. The maximum absolute atomic E-state index is 13.4. The van der Waals surface area contributed by atoms with E-state index < -0.39 is 48.9 Å². The third-order valence-corrected chi connectivity index (χ3v) is 10.3. The van der Waals surface area contributed by atoms with Crippen LogP contribution in [0.3, 0.4) is 0 Å². The van der Waals surface area contributed by atoms with Gasteiger partial charge >= 0.3 is 12.1 Å². The Kier molecular flexibility index (Phi) is 10.2. The average molecular weight is 609 g/mol. The molecule has 0 unspecified atom stereocenters. The number of aliphatic hydroxyl groups is 1. The summed E-state index contributed by atoms with van der Waals surface area (Å²) in [6.07, 6.45) is 2.81. The van der Waals surface area contributed by atoms with Crippen LogP contribution in [0.4, 0.5) is 9.59 Å². The number of ether oxygens (including phenoxy) is 1. The van der Waals surface area contributed by atoms with E-state index in [1.54, 1.807) is 18.7 Å². The van der Waals surface area contributed by atoms with Gasteiger partial charge in [-0.15, -0.1) is 0 Å². The van der Waals surface area contributed by atoms with Crippen LogP contribution in [0, 0.1) is 5.41 Å². The summed E-state index contributed by atoms with van der Waals surface area (Å²) in [4.78, 5) is 70.9. The second kappa shape index (κ2) is 12.7. The predicted molar refractivity (Wildman–Crippen MR) is 158 cm³/mol. The van der Waals surface area contributed by atoms with Crippen molar-refractivity contribution < 1.29 is 33.8 Å². The minimum atomic E-state index is -1.31. The van der Waals surface area contributed by atoms with Gasteiger partial charge < -0.3 is 26.2 Å². The van der Waals surface area contributed by atoms with Gasteiger partial charge in [-0.25, -0.2) is 14.5 Å². The molecule has 2 aliphatic heterocycles. The van der Waals surface area contributed by atoms with E-state index in [0.29, 0.717) is 51.7 Å². The maximum Gasteiger partial charge on any atom is 0.334 e. The van der Waals surface area contributed by atoms with E-state index in [1.807, 2.05) is 6.92 Å². The number of barbiturate groups is 1. The quantitative estimate of drug-likeness (QED) is 0.0982. The monoisotopic (exact) mass is 608 g/mol. The Labute approximate surface area is 249 Å². The number of nitrogens with two attached hydrogens (primary N) is 2. The molecule has 3 rings (SSSR count). The van der Waals surface area contributed by atoms with E-state index in [0.717, 1.165) is 15.8 Å². The van der Waals surface area contributed by atoms with Gasteiger partial charge in [0.25, 0.3) is 17.7 Å². The summed E-state index contributed by atoms with van der Waals surface area (Å²) in [5.74, 6) is -2.37. The summed E-state index contributed by atoms with van der Waals surface area (Å²) >= 11 is 0. The van der Waals surface area contributed by atoms with Crippen LogP contribution in [-0.4, -0.2) is 107 Å². The summed E-state index contributed by atoms with van der Waals surface area (Å²) in [6, 6.07) is -0.650. The van der Waals surface area contributed by atoms with Crippen LogP contribution < -0.4 is 11.5 Å². The largest absolute Gasteiger partial charge is 0.396 e. The number of nitrogens with zero attached hydrogens (tertiary/aromatic N) is 4. The summed E-state index contributed by atoms with van der Waals surface area (Å²) in [7, 11) is -1.31.